The Labute approximate surface area is 847 Å². The third-order valence-electron chi connectivity index (χ3n) is 33.0. The molecule has 12 aromatic rings. The van der Waals surface area contributed by atoms with Gasteiger partial charge in [-0.05, 0) is 327 Å². The number of piperidine rings is 6. The van der Waals surface area contributed by atoms with Crippen molar-refractivity contribution in [2.24, 2.45) is 41.2 Å². The molecular formula is C114H145N13O6S6. The molecule has 6 aromatic heterocycles. The number of aromatic nitrogens is 6. The second kappa shape index (κ2) is 44.5. The van der Waals surface area contributed by atoms with E-state index in [0.717, 1.165) is 112 Å². The van der Waals surface area contributed by atoms with Gasteiger partial charge in [0.15, 0.2) is 5.78 Å². The normalized spacial score (nSPS) is 27.0. The number of carbonyl (C=O) groups is 6. The van der Waals surface area contributed by atoms with Gasteiger partial charge in [-0.2, -0.15) is 70.6 Å². The highest BCUT2D eigenvalue weighted by Crippen LogP contribution is 2.53. The number of ketones is 6. The number of likely N-dealkylation sites (tertiary alicyclic amines) is 6. The first-order chi connectivity index (χ1) is 67.3. The van der Waals surface area contributed by atoms with Gasteiger partial charge in [0.05, 0.1) is 41.1 Å². The number of aromatic amines is 6. The van der Waals surface area contributed by atoms with Gasteiger partial charge in [0.1, 0.15) is 28.9 Å². The Balaban J connectivity index is 0.000000106. The average molecular weight is 1990 g/mol. The van der Waals surface area contributed by atoms with Crippen LogP contribution in [0.5, 0.6) is 0 Å². The van der Waals surface area contributed by atoms with Gasteiger partial charge in [-0.1, -0.05) is 72.8 Å². The number of fused-ring (bicyclic) bond motifs is 12. The van der Waals surface area contributed by atoms with Gasteiger partial charge < -0.3 is 65.0 Å². The SMILES string of the molecule is CC(=O)CSC[C@@H]1C[C@@H]2c3cccc4[nH]cc(c34)C[C@H]2N(C)C1.CC(=O)CSC[C@@H]1C[C@@H]2c3cccc4[nH]cc(c34)C[C@H]2N(C)C1.CC(=O)CSC[C@@H]1C[C@@H]2c3cccc4[nH]cc(c34)C[C@H]2N(C)C1.CC(=O)CSC[C@@H]1C[C@@H]2c3cccc4[nH]cc(c34)C[C@H]2N(C)C1.CC(=O)CSC[C@@H]1C[C@@H]2c3cccc4[nH]cc(c34)C[C@H]2N(C)C1.CN1C[C@H](CSCC(=O)CN)C[C@@H]2c3cccc4[nH]cc(c34)C[C@H]21. The summed E-state index contributed by atoms with van der Waals surface area (Å²) in [6.07, 6.45) is 27.6. The summed E-state index contributed by atoms with van der Waals surface area (Å²) < 4.78 is 0. The fourth-order valence-electron chi connectivity index (χ4n) is 27.3. The molecule has 0 bridgehead atoms. The van der Waals surface area contributed by atoms with Crippen LogP contribution in [-0.2, 0) is 67.3 Å². The zero-order chi connectivity index (χ0) is 96.6. The molecule has 18 atom stereocenters. The lowest BCUT2D eigenvalue weighted by Crippen LogP contribution is -2.48. The molecule has 6 fully saturated rings. The maximum absolute atomic E-state index is 11.4. The van der Waals surface area contributed by atoms with Crippen LogP contribution in [0.2, 0.25) is 0 Å². The summed E-state index contributed by atoms with van der Waals surface area (Å²) in [5.74, 6) is 19.8. The molecule has 0 amide bonds. The summed E-state index contributed by atoms with van der Waals surface area (Å²) in [5, 5.41) is 8.81. The van der Waals surface area contributed by atoms with Crippen molar-refractivity contribution in [3.05, 3.63) is 213 Å². The van der Waals surface area contributed by atoms with Crippen molar-refractivity contribution in [2.45, 2.75) is 183 Å². The maximum Gasteiger partial charge on any atom is 0.156 e. The Kier molecular flexibility index (Phi) is 32.1. The number of nitrogens with zero attached hydrogens (tertiary/aromatic N) is 6. The number of benzene rings is 6. The molecule has 25 heteroatoms. The lowest BCUT2D eigenvalue weighted by molar-refractivity contribution is -0.116. The van der Waals surface area contributed by atoms with Crippen LogP contribution in [0.15, 0.2) is 146 Å². The molecule has 0 radical (unpaired) electrons. The molecule has 6 saturated heterocycles. The van der Waals surface area contributed by atoms with Crippen LogP contribution in [-0.4, -0.2) is 287 Å². The van der Waals surface area contributed by atoms with Crippen molar-refractivity contribution >= 4 is 171 Å². The van der Waals surface area contributed by atoms with Crippen molar-refractivity contribution in [3.8, 4) is 0 Å². The van der Waals surface area contributed by atoms with Crippen molar-refractivity contribution in [1.82, 2.24) is 59.3 Å². The average Bonchev–Trinajstić information content (AvgIpc) is 1.70. The fraction of sp³-hybridized carbons (Fsp3) is 0.526. The number of hydrogen-bond donors (Lipinski definition) is 7. The predicted octanol–water partition coefficient (Wildman–Crippen LogP) is 19.6. The summed E-state index contributed by atoms with van der Waals surface area (Å²) in [6.45, 7) is 15.5. The molecule has 139 heavy (non-hydrogen) atoms. The first-order valence-electron chi connectivity index (χ1n) is 51.2. The molecule has 12 aliphatic rings. The van der Waals surface area contributed by atoms with E-state index in [1.807, 2.05) is 0 Å². The molecule has 12 heterocycles. The van der Waals surface area contributed by atoms with Crippen molar-refractivity contribution in [3.63, 3.8) is 0 Å². The Morgan fingerprint density at radius 1 is 0.266 bits per heavy atom. The van der Waals surface area contributed by atoms with Crippen molar-refractivity contribution in [2.75, 3.05) is 157 Å². The summed E-state index contributed by atoms with van der Waals surface area (Å²) in [6, 6.07) is 43.9. The van der Waals surface area contributed by atoms with Crippen LogP contribution < -0.4 is 5.73 Å². The molecule has 19 nitrogen and oxygen atoms in total. The van der Waals surface area contributed by atoms with Crippen LogP contribution in [0.3, 0.4) is 0 Å². The summed E-state index contributed by atoms with van der Waals surface area (Å²) in [5.41, 5.74) is 31.1. The first kappa shape index (κ1) is 100. The smallest absolute Gasteiger partial charge is 0.156 e. The molecule has 0 spiro atoms. The quantitative estimate of drug-likeness (QED) is 0.0281. The number of nitrogens with two attached hydrogens (primary N) is 1. The summed E-state index contributed by atoms with van der Waals surface area (Å²) in [7, 11) is 13.6. The van der Waals surface area contributed by atoms with E-state index in [1.54, 1.807) is 105 Å². The molecule has 24 rings (SSSR count). The zero-order valence-electron chi connectivity index (χ0n) is 83.3. The summed E-state index contributed by atoms with van der Waals surface area (Å²) >= 11 is 10.8. The van der Waals surface area contributed by atoms with E-state index >= 15 is 0 Å². The van der Waals surface area contributed by atoms with Gasteiger partial charge in [-0.15, -0.1) is 0 Å². The number of likely N-dealkylation sites (N-methyl/N-ethyl adjacent to an activating group) is 6. The summed E-state index contributed by atoms with van der Waals surface area (Å²) in [4.78, 5) is 103. The Morgan fingerprint density at radius 3 is 0.590 bits per heavy atom. The van der Waals surface area contributed by atoms with E-state index in [-0.39, 0.29) is 41.2 Å². The number of carbonyl (C=O) groups excluding carboxylic acids is 6. The lowest BCUT2D eigenvalue weighted by atomic mass is 9.73. The van der Waals surface area contributed by atoms with Gasteiger partial charge in [0, 0.05) is 214 Å². The Morgan fingerprint density at radius 2 is 0.432 bits per heavy atom. The monoisotopic (exact) mass is 1980 g/mol. The highest BCUT2D eigenvalue weighted by atomic mass is 32.2. The third kappa shape index (κ3) is 22.0. The van der Waals surface area contributed by atoms with Gasteiger partial charge in [0.25, 0.3) is 0 Å². The van der Waals surface area contributed by atoms with Crippen LogP contribution in [0, 0.1) is 35.5 Å². The van der Waals surface area contributed by atoms with Gasteiger partial charge >= 0.3 is 0 Å². The van der Waals surface area contributed by atoms with Crippen LogP contribution in [0.4, 0.5) is 0 Å². The molecule has 8 N–H and O–H groups in total. The zero-order valence-corrected chi connectivity index (χ0v) is 88.2. The molecule has 0 unspecified atom stereocenters. The highest BCUT2D eigenvalue weighted by molar-refractivity contribution is 8.01. The number of Topliss-reactive ketones (excluding diaryl/α,β-unsaturated/α-hetero) is 6. The molecular weight excluding hydrogens is 1840 g/mol. The lowest BCUT2D eigenvalue weighted by Gasteiger charge is -2.45. The molecule has 738 valence electrons. The number of rotatable bonds is 25. The minimum absolute atomic E-state index is 0.154. The van der Waals surface area contributed by atoms with E-state index in [4.69, 9.17) is 5.73 Å². The van der Waals surface area contributed by atoms with E-state index in [0.29, 0.717) is 142 Å². The van der Waals surface area contributed by atoms with E-state index < -0.39 is 0 Å². The Bertz CT molecular complexity index is 5670. The number of nitrogens with one attached hydrogen (secondary N) is 6. The van der Waals surface area contributed by atoms with Gasteiger partial charge in [-0.3, -0.25) is 28.8 Å². The van der Waals surface area contributed by atoms with Gasteiger partial charge in [-0.25, -0.2) is 0 Å². The van der Waals surface area contributed by atoms with E-state index in [2.05, 4.69) is 248 Å². The first-order valence-corrected chi connectivity index (χ1v) is 58.2. The Hall–Kier alpha value is -7.60. The maximum atomic E-state index is 11.4. The fourth-order valence-corrected chi connectivity index (χ4v) is 33.2. The predicted molar refractivity (Wildman–Crippen MR) is 587 cm³/mol. The highest BCUT2D eigenvalue weighted by Gasteiger charge is 2.47. The minimum atomic E-state index is 0.154. The minimum Gasteiger partial charge on any atom is -0.361 e. The van der Waals surface area contributed by atoms with Crippen LogP contribution >= 0.6 is 70.6 Å². The van der Waals surface area contributed by atoms with Crippen LogP contribution in [0.1, 0.15) is 175 Å². The number of thioether (sulfide) groups is 6. The number of hydrogen-bond acceptors (Lipinski definition) is 19. The largest absolute Gasteiger partial charge is 0.361 e. The topological polar surface area (TPSA) is 243 Å². The standard InChI is InChI=1S/C19H25N3OS.5C19H24N2OS/c1-22-9-12(10-24-11-14(23)7-20)5-16-15-3-2-4-17-19(15)13(8-21-17)6-18(16)22;5*1-12(22)10-23-11-13-6-16-15-4-3-5-17-19(15)14(8-20-17)7-18(16)21(2)9-13/h2-4,8,12,16,18,21H,5-7,9-11,20H2,1H3;5*3-5,8,13,16,18,20H,6-7,9-11H2,1-2H3/t12-,16-,18-;5*13-,16-,18-/m111111/s1. The second-order valence-corrected chi connectivity index (χ2v) is 49.5. The van der Waals surface area contributed by atoms with Crippen molar-refractivity contribution < 1.29 is 28.8 Å². The second-order valence-electron chi connectivity index (χ2n) is 43.4. The molecule has 6 aromatic carbocycles. The van der Waals surface area contributed by atoms with Crippen LogP contribution in [0.25, 0.3) is 65.4 Å². The van der Waals surface area contributed by atoms with Gasteiger partial charge in [0.2, 0.25) is 0 Å². The van der Waals surface area contributed by atoms with E-state index in [9.17, 15) is 28.8 Å². The van der Waals surface area contributed by atoms with E-state index in [1.165, 1.54) is 171 Å². The molecule has 6 aliphatic carbocycles. The molecule has 0 saturated carbocycles. The number of H-pyrrole nitrogens is 6. The molecule has 6 aliphatic heterocycles. The van der Waals surface area contributed by atoms with Crippen molar-refractivity contribution in [1.29, 1.82) is 0 Å². The third-order valence-corrected chi connectivity index (χ3v) is 40.8.